The zero-order valence-corrected chi connectivity index (χ0v) is 13.2. The Morgan fingerprint density at radius 2 is 2.28 bits per heavy atom. The lowest BCUT2D eigenvalue weighted by molar-refractivity contribution is 0.138. The van der Waals surface area contributed by atoms with Crippen LogP contribution >= 0.6 is 23.7 Å². The predicted octanol–water partition coefficient (Wildman–Crippen LogP) is 3.38. The van der Waals surface area contributed by atoms with Crippen molar-refractivity contribution in [1.29, 1.82) is 0 Å². The van der Waals surface area contributed by atoms with Gasteiger partial charge in [0.1, 0.15) is 0 Å². The SMILES string of the molecule is CC(C)N(Cc1cccs1)CC1(C)CCNC1.Cl. The summed E-state index contributed by atoms with van der Waals surface area (Å²) in [7, 11) is 0. The van der Waals surface area contributed by atoms with E-state index in [0.29, 0.717) is 11.5 Å². The van der Waals surface area contributed by atoms with Crippen molar-refractivity contribution < 1.29 is 0 Å². The largest absolute Gasteiger partial charge is 0.316 e. The molecule has 1 N–H and O–H groups in total. The molecule has 1 aliphatic heterocycles. The first-order valence-corrected chi connectivity index (χ1v) is 7.44. The van der Waals surface area contributed by atoms with Gasteiger partial charge in [-0.3, -0.25) is 4.90 Å². The molecule has 2 nitrogen and oxygen atoms in total. The molecule has 1 aromatic heterocycles. The van der Waals surface area contributed by atoms with Crippen LogP contribution in [-0.2, 0) is 6.54 Å². The molecule has 1 aromatic rings. The van der Waals surface area contributed by atoms with E-state index in [9.17, 15) is 0 Å². The number of nitrogens with zero attached hydrogens (tertiary/aromatic N) is 1. The summed E-state index contributed by atoms with van der Waals surface area (Å²) in [6.07, 6.45) is 1.31. The van der Waals surface area contributed by atoms with Crippen LogP contribution in [0, 0.1) is 5.41 Å². The van der Waals surface area contributed by atoms with Crippen molar-refractivity contribution in [2.45, 2.75) is 39.8 Å². The number of rotatable bonds is 5. The Morgan fingerprint density at radius 3 is 2.78 bits per heavy atom. The third-order valence-corrected chi connectivity index (χ3v) is 4.57. The van der Waals surface area contributed by atoms with E-state index in [2.05, 4.69) is 48.5 Å². The van der Waals surface area contributed by atoms with Gasteiger partial charge in [-0.2, -0.15) is 0 Å². The minimum absolute atomic E-state index is 0. The molecule has 104 valence electrons. The fourth-order valence-corrected chi connectivity index (χ4v) is 3.25. The lowest BCUT2D eigenvalue weighted by atomic mass is 9.89. The molecule has 1 unspecified atom stereocenters. The van der Waals surface area contributed by atoms with Crippen LogP contribution < -0.4 is 5.32 Å². The normalized spacial score (nSPS) is 23.6. The van der Waals surface area contributed by atoms with Crippen molar-refractivity contribution >= 4 is 23.7 Å². The van der Waals surface area contributed by atoms with Gasteiger partial charge in [-0.1, -0.05) is 13.0 Å². The van der Waals surface area contributed by atoms with Crippen molar-refractivity contribution in [1.82, 2.24) is 10.2 Å². The van der Waals surface area contributed by atoms with Crippen molar-refractivity contribution in [2.24, 2.45) is 5.41 Å². The standard InChI is InChI=1S/C14H24N2S.ClH/c1-12(2)16(9-13-5-4-8-17-13)11-14(3)6-7-15-10-14;/h4-5,8,12,15H,6-7,9-11H2,1-3H3;1H. The van der Waals surface area contributed by atoms with Crippen molar-refractivity contribution in [2.75, 3.05) is 19.6 Å². The van der Waals surface area contributed by atoms with E-state index in [4.69, 9.17) is 0 Å². The topological polar surface area (TPSA) is 15.3 Å². The van der Waals surface area contributed by atoms with E-state index in [1.165, 1.54) is 30.9 Å². The Morgan fingerprint density at radius 1 is 1.50 bits per heavy atom. The Hall–Kier alpha value is -0.0900. The summed E-state index contributed by atoms with van der Waals surface area (Å²) < 4.78 is 0. The van der Waals surface area contributed by atoms with Crippen molar-refractivity contribution in [3.8, 4) is 0 Å². The Balaban J connectivity index is 0.00000162. The van der Waals surface area contributed by atoms with Crippen LogP contribution in [0.3, 0.4) is 0 Å². The van der Waals surface area contributed by atoms with Crippen LogP contribution in [0.15, 0.2) is 17.5 Å². The van der Waals surface area contributed by atoms with Gasteiger partial charge >= 0.3 is 0 Å². The molecule has 0 spiro atoms. The maximum atomic E-state index is 3.49. The molecule has 2 heterocycles. The van der Waals surface area contributed by atoms with Crippen LogP contribution in [0.2, 0.25) is 0 Å². The summed E-state index contributed by atoms with van der Waals surface area (Å²) >= 11 is 1.87. The molecule has 18 heavy (non-hydrogen) atoms. The third-order valence-electron chi connectivity index (χ3n) is 3.71. The van der Waals surface area contributed by atoms with Gasteiger partial charge < -0.3 is 5.32 Å². The minimum atomic E-state index is 0. The fraction of sp³-hybridized carbons (Fsp3) is 0.714. The summed E-state index contributed by atoms with van der Waals surface area (Å²) in [5.41, 5.74) is 0.460. The maximum Gasteiger partial charge on any atom is 0.0330 e. The highest BCUT2D eigenvalue weighted by Crippen LogP contribution is 2.27. The number of nitrogens with one attached hydrogen (secondary N) is 1. The zero-order chi connectivity index (χ0) is 12.3. The third kappa shape index (κ3) is 4.23. The molecular formula is C14H25ClN2S. The Kier molecular flexibility index (Phi) is 6.12. The zero-order valence-electron chi connectivity index (χ0n) is 11.6. The van der Waals surface area contributed by atoms with Gasteiger partial charge in [0.25, 0.3) is 0 Å². The van der Waals surface area contributed by atoms with Gasteiger partial charge in [0, 0.05) is 30.6 Å². The predicted molar refractivity (Wildman–Crippen MR) is 82.7 cm³/mol. The van der Waals surface area contributed by atoms with Crippen molar-refractivity contribution in [3.05, 3.63) is 22.4 Å². The smallest absolute Gasteiger partial charge is 0.0330 e. The molecule has 0 bridgehead atoms. The number of hydrogen-bond acceptors (Lipinski definition) is 3. The van der Waals surface area contributed by atoms with Gasteiger partial charge in [0.2, 0.25) is 0 Å². The monoisotopic (exact) mass is 288 g/mol. The molecule has 0 amide bonds. The summed E-state index contributed by atoms with van der Waals surface area (Å²) in [6.45, 7) is 11.7. The maximum absolute atomic E-state index is 3.49. The van der Waals surface area contributed by atoms with Crippen LogP contribution in [0.25, 0.3) is 0 Å². The Bertz CT molecular complexity index is 332. The first-order valence-electron chi connectivity index (χ1n) is 6.56. The molecule has 0 aromatic carbocycles. The second-order valence-electron chi connectivity index (χ2n) is 5.82. The summed E-state index contributed by atoms with van der Waals surface area (Å²) in [4.78, 5) is 4.09. The van der Waals surface area contributed by atoms with Crippen LogP contribution in [-0.4, -0.2) is 30.6 Å². The first kappa shape index (κ1) is 16.0. The highest BCUT2D eigenvalue weighted by Gasteiger charge is 2.31. The Labute approximate surface area is 121 Å². The van der Waals surface area contributed by atoms with E-state index in [0.717, 1.165) is 6.54 Å². The molecule has 4 heteroatoms. The van der Waals surface area contributed by atoms with Crippen LogP contribution in [0.4, 0.5) is 0 Å². The van der Waals surface area contributed by atoms with E-state index >= 15 is 0 Å². The molecule has 0 saturated carbocycles. The summed E-state index contributed by atoms with van der Waals surface area (Å²) in [5, 5.41) is 5.67. The van der Waals surface area contributed by atoms with Gasteiger partial charge in [-0.15, -0.1) is 23.7 Å². The fourth-order valence-electron chi connectivity index (χ4n) is 2.52. The first-order chi connectivity index (χ1) is 8.09. The molecule has 0 aliphatic carbocycles. The highest BCUT2D eigenvalue weighted by atomic mass is 35.5. The molecule has 0 radical (unpaired) electrons. The average molecular weight is 289 g/mol. The molecule has 1 aliphatic rings. The number of thiophene rings is 1. The molecule has 1 fully saturated rings. The van der Waals surface area contributed by atoms with E-state index in [1.54, 1.807) is 0 Å². The highest BCUT2D eigenvalue weighted by molar-refractivity contribution is 7.09. The lowest BCUT2D eigenvalue weighted by Crippen LogP contribution is -2.40. The second-order valence-corrected chi connectivity index (χ2v) is 6.85. The van der Waals surface area contributed by atoms with Gasteiger partial charge in [-0.25, -0.2) is 0 Å². The van der Waals surface area contributed by atoms with Gasteiger partial charge in [0.15, 0.2) is 0 Å². The van der Waals surface area contributed by atoms with E-state index in [1.807, 2.05) is 11.3 Å². The molecule has 2 rings (SSSR count). The van der Waals surface area contributed by atoms with E-state index in [-0.39, 0.29) is 12.4 Å². The summed E-state index contributed by atoms with van der Waals surface area (Å²) in [5.74, 6) is 0. The quantitative estimate of drug-likeness (QED) is 0.894. The number of halogens is 1. The molecule has 1 atom stereocenters. The summed E-state index contributed by atoms with van der Waals surface area (Å²) in [6, 6.07) is 5.02. The van der Waals surface area contributed by atoms with Gasteiger partial charge in [-0.05, 0) is 43.7 Å². The molecular weight excluding hydrogens is 264 g/mol. The minimum Gasteiger partial charge on any atom is -0.316 e. The van der Waals surface area contributed by atoms with Crippen molar-refractivity contribution in [3.63, 3.8) is 0 Å². The number of hydrogen-bond donors (Lipinski definition) is 1. The molecule has 1 saturated heterocycles. The second kappa shape index (κ2) is 6.90. The van der Waals surface area contributed by atoms with Crippen LogP contribution in [0.5, 0.6) is 0 Å². The van der Waals surface area contributed by atoms with Crippen LogP contribution in [0.1, 0.15) is 32.1 Å². The van der Waals surface area contributed by atoms with Gasteiger partial charge in [0.05, 0.1) is 0 Å². The average Bonchev–Trinajstić information content (AvgIpc) is 2.89. The lowest BCUT2D eigenvalue weighted by Gasteiger charge is -2.34. The van der Waals surface area contributed by atoms with E-state index < -0.39 is 0 Å².